The summed E-state index contributed by atoms with van der Waals surface area (Å²) in [6.45, 7) is 12.3. The quantitative estimate of drug-likeness (QED) is 0.652. The normalized spacial score (nSPS) is 15.9. The van der Waals surface area contributed by atoms with Crippen molar-refractivity contribution in [3.05, 3.63) is 0 Å². The van der Waals surface area contributed by atoms with Gasteiger partial charge in [-0.25, -0.2) is 0 Å². The SMILES string of the molecule is CCCCN(CC(C)CN)C(C)CC. The van der Waals surface area contributed by atoms with E-state index in [0.29, 0.717) is 12.0 Å². The van der Waals surface area contributed by atoms with Crippen molar-refractivity contribution in [1.29, 1.82) is 0 Å². The molecule has 0 aromatic rings. The number of rotatable bonds is 8. The molecule has 0 radical (unpaired) electrons. The summed E-state index contributed by atoms with van der Waals surface area (Å²) in [6, 6.07) is 0.704. The smallest absolute Gasteiger partial charge is 0.00644 e. The molecular formula is C12H28N2. The van der Waals surface area contributed by atoms with E-state index in [1.54, 1.807) is 0 Å². The molecule has 2 N–H and O–H groups in total. The van der Waals surface area contributed by atoms with Gasteiger partial charge in [-0.2, -0.15) is 0 Å². The van der Waals surface area contributed by atoms with Gasteiger partial charge in [0.1, 0.15) is 0 Å². The molecule has 0 saturated carbocycles. The molecule has 0 aliphatic carbocycles. The lowest BCUT2D eigenvalue weighted by atomic mass is 10.1. The molecule has 0 fully saturated rings. The monoisotopic (exact) mass is 200 g/mol. The predicted octanol–water partition coefficient (Wildman–Crippen LogP) is 2.48. The van der Waals surface area contributed by atoms with E-state index in [2.05, 4.69) is 32.6 Å². The molecule has 0 amide bonds. The van der Waals surface area contributed by atoms with Gasteiger partial charge in [-0.15, -0.1) is 0 Å². The van der Waals surface area contributed by atoms with Crippen LogP contribution >= 0.6 is 0 Å². The van der Waals surface area contributed by atoms with Gasteiger partial charge in [0.15, 0.2) is 0 Å². The second kappa shape index (κ2) is 8.25. The average molecular weight is 200 g/mol. The summed E-state index contributed by atoms with van der Waals surface area (Å²) in [6.07, 6.45) is 3.83. The van der Waals surface area contributed by atoms with Crippen LogP contribution in [0.5, 0.6) is 0 Å². The Hall–Kier alpha value is -0.0800. The Balaban J connectivity index is 3.96. The fourth-order valence-corrected chi connectivity index (χ4v) is 1.59. The summed E-state index contributed by atoms with van der Waals surface area (Å²) in [5.41, 5.74) is 5.66. The maximum Gasteiger partial charge on any atom is 0.00644 e. The van der Waals surface area contributed by atoms with Gasteiger partial charge < -0.3 is 10.6 Å². The Kier molecular flexibility index (Phi) is 8.20. The molecule has 2 nitrogen and oxygen atoms in total. The van der Waals surface area contributed by atoms with E-state index in [0.717, 1.165) is 13.1 Å². The van der Waals surface area contributed by atoms with Crippen molar-refractivity contribution in [3.63, 3.8) is 0 Å². The Morgan fingerprint density at radius 1 is 1.21 bits per heavy atom. The van der Waals surface area contributed by atoms with Crippen LogP contribution < -0.4 is 5.73 Å². The fourth-order valence-electron chi connectivity index (χ4n) is 1.59. The van der Waals surface area contributed by atoms with Crippen LogP contribution in [-0.4, -0.2) is 30.6 Å². The Labute approximate surface area is 89.9 Å². The van der Waals surface area contributed by atoms with Gasteiger partial charge >= 0.3 is 0 Å². The van der Waals surface area contributed by atoms with Gasteiger partial charge in [0.05, 0.1) is 0 Å². The molecule has 0 aromatic carbocycles. The van der Waals surface area contributed by atoms with Crippen molar-refractivity contribution in [2.45, 2.75) is 53.0 Å². The summed E-state index contributed by atoms with van der Waals surface area (Å²) in [5, 5.41) is 0. The van der Waals surface area contributed by atoms with E-state index < -0.39 is 0 Å². The van der Waals surface area contributed by atoms with E-state index in [4.69, 9.17) is 5.73 Å². The van der Waals surface area contributed by atoms with Gasteiger partial charge in [-0.05, 0) is 38.8 Å². The first-order chi connectivity index (χ1) is 6.65. The summed E-state index contributed by atoms with van der Waals surface area (Å²) < 4.78 is 0. The molecule has 2 unspecified atom stereocenters. The zero-order chi connectivity index (χ0) is 11.0. The largest absolute Gasteiger partial charge is 0.330 e. The van der Waals surface area contributed by atoms with Gasteiger partial charge in [-0.1, -0.05) is 27.2 Å². The molecule has 0 aromatic heterocycles. The highest BCUT2D eigenvalue weighted by atomic mass is 15.1. The van der Waals surface area contributed by atoms with Gasteiger partial charge in [-0.3, -0.25) is 0 Å². The third-order valence-electron chi connectivity index (χ3n) is 2.96. The summed E-state index contributed by atoms with van der Waals surface area (Å²) in [4.78, 5) is 2.58. The second-order valence-electron chi connectivity index (χ2n) is 4.45. The lowest BCUT2D eigenvalue weighted by Gasteiger charge is -2.30. The van der Waals surface area contributed by atoms with Crippen LogP contribution in [0.15, 0.2) is 0 Å². The number of nitrogens with zero attached hydrogens (tertiary/aromatic N) is 1. The molecule has 14 heavy (non-hydrogen) atoms. The Morgan fingerprint density at radius 3 is 2.29 bits per heavy atom. The number of nitrogens with two attached hydrogens (primary N) is 1. The minimum Gasteiger partial charge on any atom is -0.330 e. The molecule has 0 spiro atoms. The van der Waals surface area contributed by atoms with Crippen LogP contribution in [0.1, 0.15) is 47.0 Å². The number of hydrogen-bond donors (Lipinski definition) is 1. The van der Waals surface area contributed by atoms with Gasteiger partial charge in [0, 0.05) is 12.6 Å². The first-order valence-corrected chi connectivity index (χ1v) is 6.09. The highest BCUT2D eigenvalue weighted by Gasteiger charge is 2.13. The van der Waals surface area contributed by atoms with Crippen LogP contribution in [-0.2, 0) is 0 Å². The maximum absolute atomic E-state index is 5.66. The topological polar surface area (TPSA) is 29.3 Å². The summed E-state index contributed by atoms with van der Waals surface area (Å²) in [5.74, 6) is 0.626. The molecule has 86 valence electrons. The third kappa shape index (κ3) is 5.61. The molecule has 0 heterocycles. The fraction of sp³-hybridized carbons (Fsp3) is 1.00. The van der Waals surface area contributed by atoms with E-state index >= 15 is 0 Å². The molecule has 2 atom stereocenters. The van der Waals surface area contributed by atoms with Crippen molar-refractivity contribution in [3.8, 4) is 0 Å². The van der Waals surface area contributed by atoms with Gasteiger partial charge in [0.2, 0.25) is 0 Å². The zero-order valence-corrected chi connectivity index (χ0v) is 10.4. The van der Waals surface area contributed by atoms with Crippen LogP contribution in [0.4, 0.5) is 0 Å². The van der Waals surface area contributed by atoms with Crippen LogP contribution in [0.2, 0.25) is 0 Å². The molecule has 0 aliphatic heterocycles. The lowest BCUT2D eigenvalue weighted by Crippen LogP contribution is -2.38. The predicted molar refractivity (Wildman–Crippen MR) is 64.5 cm³/mol. The van der Waals surface area contributed by atoms with E-state index in [1.807, 2.05) is 0 Å². The van der Waals surface area contributed by atoms with Crippen LogP contribution in [0, 0.1) is 5.92 Å². The molecular weight excluding hydrogens is 172 g/mol. The van der Waals surface area contributed by atoms with Crippen LogP contribution in [0.3, 0.4) is 0 Å². The van der Waals surface area contributed by atoms with Crippen LogP contribution in [0.25, 0.3) is 0 Å². The van der Waals surface area contributed by atoms with Gasteiger partial charge in [0.25, 0.3) is 0 Å². The minimum absolute atomic E-state index is 0.626. The van der Waals surface area contributed by atoms with E-state index in [1.165, 1.54) is 25.8 Å². The molecule has 0 rings (SSSR count). The van der Waals surface area contributed by atoms with E-state index in [9.17, 15) is 0 Å². The number of unbranched alkanes of at least 4 members (excludes halogenated alkanes) is 1. The van der Waals surface area contributed by atoms with Crippen molar-refractivity contribution in [2.24, 2.45) is 11.7 Å². The Morgan fingerprint density at radius 2 is 1.86 bits per heavy atom. The maximum atomic E-state index is 5.66. The summed E-state index contributed by atoms with van der Waals surface area (Å²) >= 11 is 0. The van der Waals surface area contributed by atoms with Crippen molar-refractivity contribution < 1.29 is 0 Å². The van der Waals surface area contributed by atoms with Crippen molar-refractivity contribution in [1.82, 2.24) is 4.90 Å². The molecule has 2 heteroatoms. The lowest BCUT2D eigenvalue weighted by molar-refractivity contribution is 0.176. The average Bonchev–Trinajstić information content (AvgIpc) is 2.22. The summed E-state index contributed by atoms with van der Waals surface area (Å²) in [7, 11) is 0. The molecule has 0 saturated heterocycles. The molecule has 0 bridgehead atoms. The zero-order valence-electron chi connectivity index (χ0n) is 10.4. The first kappa shape index (κ1) is 13.9. The van der Waals surface area contributed by atoms with E-state index in [-0.39, 0.29) is 0 Å². The van der Waals surface area contributed by atoms with Crippen molar-refractivity contribution in [2.75, 3.05) is 19.6 Å². The highest BCUT2D eigenvalue weighted by molar-refractivity contribution is 4.69. The highest BCUT2D eigenvalue weighted by Crippen LogP contribution is 2.08. The number of hydrogen-bond acceptors (Lipinski definition) is 2. The third-order valence-corrected chi connectivity index (χ3v) is 2.96. The second-order valence-corrected chi connectivity index (χ2v) is 4.45. The van der Waals surface area contributed by atoms with Crippen molar-refractivity contribution >= 4 is 0 Å². The Bertz CT molecular complexity index is 125. The first-order valence-electron chi connectivity index (χ1n) is 6.09. The minimum atomic E-state index is 0.626. The molecule has 0 aliphatic rings. The standard InChI is InChI=1S/C12H28N2/c1-5-7-8-14(12(4)6-2)10-11(3)9-13/h11-12H,5-10,13H2,1-4H3.